The number of esters is 1. The first-order chi connectivity index (χ1) is 15.4. The van der Waals surface area contributed by atoms with E-state index < -0.39 is 5.97 Å². The molecule has 32 heavy (non-hydrogen) atoms. The maximum absolute atomic E-state index is 12.3. The number of carbonyl (C=O) groups excluding carboxylic acids is 2. The minimum atomic E-state index is -0.612. The van der Waals surface area contributed by atoms with Gasteiger partial charge in [-0.3, -0.25) is 9.69 Å². The number of rotatable bonds is 5. The third-order valence-corrected chi connectivity index (χ3v) is 6.00. The molecule has 0 saturated heterocycles. The third kappa shape index (κ3) is 4.52. The van der Waals surface area contributed by atoms with Crippen molar-refractivity contribution in [2.24, 2.45) is 4.99 Å². The van der Waals surface area contributed by atoms with Crippen LogP contribution in [-0.2, 0) is 14.3 Å². The van der Waals surface area contributed by atoms with Crippen LogP contribution in [0.2, 0.25) is 10.0 Å². The number of carbonyl (C=O) groups is 2. The number of aromatic nitrogens is 1. The summed E-state index contributed by atoms with van der Waals surface area (Å²) in [6.07, 6.45) is 1.50. The molecule has 1 aliphatic rings. The number of hydrogen-bond acceptors (Lipinski definition) is 7. The van der Waals surface area contributed by atoms with Crippen molar-refractivity contribution in [3.8, 4) is 5.75 Å². The van der Waals surface area contributed by atoms with E-state index in [-0.39, 0.29) is 17.5 Å². The van der Waals surface area contributed by atoms with E-state index in [2.05, 4.69) is 9.98 Å². The maximum Gasteiger partial charge on any atom is 0.363 e. The van der Waals surface area contributed by atoms with Crippen molar-refractivity contribution in [2.45, 2.75) is 6.92 Å². The highest BCUT2D eigenvalue weighted by atomic mass is 35.5. The lowest BCUT2D eigenvalue weighted by atomic mass is 10.2. The Labute approximate surface area is 197 Å². The third-order valence-electron chi connectivity index (χ3n) is 4.42. The van der Waals surface area contributed by atoms with Crippen LogP contribution in [0, 0.1) is 0 Å². The van der Waals surface area contributed by atoms with E-state index in [4.69, 9.17) is 32.7 Å². The van der Waals surface area contributed by atoms with Crippen LogP contribution >= 0.6 is 34.5 Å². The van der Waals surface area contributed by atoms with Crippen molar-refractivity contribution in [3.63, 3.8) is 0 Å². The van der Waals surface area contributed by atoms with E-state index in [1.165, 1.54) is 29.2 Å². The average molecular weight is 488 g/mol. The molecule has 162 valence electrons. The summed E-state index contributed by atoms with van der Waals surface area (Å²) in [4.78, 5) is 34.8. The molecule has 0 unspecified atom stereocenters. The minimum Gasteiger partial charge on any atom is -0.497 e. The Morgan fingerprint density at radius 3 is 2.56 bits per heavy atom. The molecule has 0 radical (unpaired) electrons. The Balaban J connectivity index is 1.62. The van der Waals surface area contributed by atoms with Gasteiger partial charge in [0.15, 0.2) is 10.8 Å². The van der Waals surface area contributed by atoms with Crippen molar-refractivity contribution < 1.29 is 19.1 Å². The molecule has 0 aliphatic carbocycles. The van der Waals surface area contributed by atoms with Crippen LogP contribution in [0.3, 0.4) is 0 Å². The summed E-state index contributed by atoms with van der Waals surface area (Å²) in [5.41, 5.74) is 1.72. The summed E-state index contributed by atoms with van der Waals surface area (Å²) >= 11 is 13.2. The molecule has 2 aromatic carbocycles. The number of methoxy groups -OCH3 is 1. The van der Waals surface area contributed by atoms with E-state index in [0.717, 1.165) is 0 Å². The Hall–Kier alpha value is -3.20. The second-order valence-corrected chi connectivity index (χ2v) is 8.22. The van der Waals surface area contributed by atoms with Gasteiger partial charge in [-0.05, 0) is 48.5 Å². The van der Waals surface area contributed by atoms with Crippen molar-refractivity contribution in [2.75, 3.05) is 12.0 Å². The number of thiazole rings is 1. The van der Waals surface area contributed by atoms with Gasteiger partial charge in [0, 0.05) is 17.9 Å². The number of nitrogens with zero attached hydrogens (tertiary/aromatic N) is 3. The Morgan fingerprint density at radius 1 is 1.16 bits per heavy atom. The summed E-state index contributed by atoms with van der Waals surface area (Å²) in [5.74, 6) is -0.0146. The molecule has 0 saturated carbocycles. The van der Waals surface area contributed by atoms with Crippen LogP contribution in [0.4, 0.5) is 10.8 Å². The van der Waals surface area contributed by atoms with E-state index in [1.807, 2.05) is 0 Å². The van der Waals surface area contributed by atoms with Gasteiger partial charge in [0.2, 0.25) is 11.8 Å². The number of aliphatic imine (C=N–C) groups is 1. The lowest BCUT2D eigenvalue weighted by Crippen LogP contribution is -2.22. The number of benzene rings is 2. The van der Waals surface area contributed by atoms with Gasteiger partial charge in [0.25, 0.3) is 0 Å². The number of halogens is 2. The summed E-state index contributed by atoms with van der Waals surface area (Å²) in [6, 6.07) is 11.9. The lowest BCUT2D eigenvalue weighted by Gasteiger charge is -2.18. The predicted molar refractivity (Wildman–Crippen MR) is 125 cm³/mol. The summed E-state index contributed by atoms with van der Waals surface area (Å²) in [6.45, 7) is 1.45. The molecule has 3 aromatic rings. The fourth-order valence-corrected chi connectivity index (χ4v) is 4.05. The van der Waals surface area contributed by atoms with E-state index >= 15 is 0 Å². The number of amides is 1. The SMILES string of the molecule is COc1ccc(N(C(C)=O)c2nc(C=C3N=C(c4ccc(Cl)c(Cl)c4)OC3=O)cs2)cc1. The Kier molecular flexibility index (Phi) is 6.27. The average Bonchev–Trinajstić information content (AvgIpc) is 3.37. The Bertz CT molecular complexity index is 1270. The van der Waals surface area contributed by atoms with Crippen LogP contribution in [0.1, 0.15) is 18.2 Å². The quantitative estimate of drug-likeness (QED) is 0.351. The standard InChI is InChI=1S/C22H15Cl2N3O4S/c1-12(28)27(15-4-6-16(30-2)7-5-15)22-25-14(11-32-22)10-19-21(29)31-20(26-19)13-3-8-17(23)18(24)9-13/h3-11H,1-2H3. The molecular formula is C22H15Cl2N3O4S. The van der Waals surface area contributed by atoms with Crippen LogP contribution in [0.25, 0.3) is 6.08 Å². The molecule has 1 aromatic heterocycles. The Morgan fingerprint density at radius 2 is 1.91 bits per heavy atom. The molecule has 0 N–H and O–H groups in total. The van der Waals surface area contributed by atoms with Crippen molar-refractivity contribution in [3.05, 3.63) is 74.8 Å². The molecule has 0 atom stereocenters. The molecule has 2 heterocycles. The fourth-order valence-electron chi connectivity index (χ4n) is 2.91. The zero-order chi connectivity index (χ0) is 22.8. The highest BCUT2D eigenvalue weighted by molar-refractivity contribution is 7.14. The summed E-state index contributed by atoms with van der Waals surface area (Å²) in [5, 5.41) is 2.89. The van der Waals surface area contributed by atoms with Crippen molar-refractivity contribution >= 4 is 69.2 Å². The van der Waals surface area contributed by atoms with Gasteiger partial charge in [-0.2, -0.15) is 0 Å². The van der Waals surface area contributed by atoms with Crippen LogP contribution in [-0.4, -0.2) is 29.9 Å². The number of cyclic esters (lactones) is 1. The maximum atomic E-state index is 12.3. The van der Waals surface area contributed by atoms with Gasteiger partial charge in [-0.1, -0.05) is 23.2 Å². The molecule has 4 rings (SSSR count). The highest BCUT2D eigenvalue weighted by Crippen LogP contribution is 2.31. The smallest absolute Gasteiger partial charge is 0.363 e. The molecule has 1 aliphatic heterocycles. The number of ether oxygens (including phenoxy) is 2. The van der Waals surface area contributed by atoms with Gasteiger partial charge in [0.05, 0.1) is 28.5 Å². The van der Waals surface area contributed by atoms with E-state index in [1.54, 1.807) is 55.0 Å². The fraction of sp³-hybridized carbons (Fsp3) is 0.0909. The molecule has 0 bridgehead atoms. The summed E-state index contributed by atoms with van der Waals surface area (Å²) in [7, 11) is 1.57. The van der Waals surface area contributed by atoms with Crippen molar-refractivity contribution in [1.29, 1.82) is 0 Å². The van der Waals surface area contributed by atoms with Crippen LogP contribution in [0.15, 0.2) is 58.5 Å². The first kappa shape index (κ1) is 22.0. The zero-order valence-electron chi connectivity index (χ0n) is 16.8. The monoisotopic (exact) mass is 487 g/mol. The normalized spacial score (nSPS) is 14.3. The largest absolute Gasteiger partial charge is 0.497 e. The van der Waals surface area contributed by atoms with Crippen molar-refractivity contribution in [1.82, 2.24) is 4.98 Å². The van der Waals surface area contributed by atoms with Gasteiger partial charge in [0.1, 0.15) is 5.75 Å². The van der Waals surface area contributed by atoms with Gasteiger partial charge in [-0.25, -0.2) is 14.8 Å². The molecule has 0 spiro atoms. The highest BCUT2D eigenvalue weighted by Gasteiger charge is 2.25. The number of anilines is 2. The molecule has 7 nitrogen and oxygen atoms in total. The molecular weight excluding hydrogens is 473 g/mol. The minimum absolute atomic E-state index is 0.0849. The lowest BCUT2D eigenvalue weighted by molar-refractivity contribution is -0.130. The molecule has 0 fully saturated rings. The predicted octanol–water partition coefficient (Wildman–Crippen LogP) is 5.49. The van der Waals surface area contributed by atoms with E-state index in [9.17, 15) is 9.59 Å². The number of hydrogen-bond donors (Lipinski definition) is 0. The second kappa shape index (κ2) is 9.12. The molecule has 10 heteroatoms. The van der Waals surface area contributed by atoms with E-state index in [0.29, 0.717) is 37.9 Å². The first-order valence-corrected chi connectivity index (χ1v) is 10.9. The van der Waals surface area contributed by atoms with Crippen LogP contribution < -0.4 is 9.64 Å². The van der Waals surface area contributed by atoms with Gasteiger partial charge >= 0.3 is 5.97 Å². The first-order valence-electron chi connectivity index (χ1n) is 9.24. The zero-order valence-corrected chi connectivity index (χ0v) is 19.2. The second-order valence-electron chi connectivity index (χ2n) is 6.57. The summed E-state index contributed by atoms with van der Waals surface area (Å²) < 4.78 is 10.4. The topological polar surface area (TPSA) is 81.1 Å². The van der Waals surface area contributed by atoms with Gasteiger partial charge < -0.3 is 9.47 Å². The molecule has 1 amide bonds. The van der Waals surface area contributed by atoms with Crippen LogP contribution in [0.5, 0.6) is 5.75 Å². The van der Waals surface area contributed by atoms with Gasteiger partial charge in [-0.15, -0.1) is 11.3 Å².